The van der Waals surface area contributed by atoms with Gasteiger partial charge in [0.05, 0.1) is 5.33 Å². The van der Waals surface area contributed by atoms with Gasteiger partial charge in [0.15, 0.2) is 10.9 Å². The minimum absolute atomic E-state index is 0.0343. The third-order valence-corrected chi connectivity index (χ3v) is 2.11. The predicted molar refractivity (Wildman–Crippen MR) is 44.7 cm³/mol. The first kappa shape index (κ1) is 7.68. The van der Waals surface area contributed by atoms with Crippen molar-refractivity contribution in [1.82, 2.24) is 4.98 Å². The molecule has 1 aromatic rings. The predicted octanol–water partition coefficient (Wildman–Crippen LogP) is 1.30. The van der Waals surface area contributed by atoms with Crippen LogP contribution in [0.1, 0.15) is 10.5 Å². The Balaban J connectivity index is 2.85. The number of thiazole rings is 1. The molecule has 1 heterocycles. The summed E-state index contributed by atoms with van der Waals surface area (Å²) in [6.07, 6.45) is 0. The molecule has 3 nitrogen and oxygen atoms in total. The van der Waals surface area contributed by atoms with Gasteiger partial charge in [-0.3, -0.25) is 4.79 Å². The second-order valence-electron chi connectivity index (χ2n) is 1.63. The van der Waals surface area contributed by atoms with Gasteiger partial charge in [-0.1, -0.05) is 15.9 Å². The summed E-state index contributed by atoms with van der Waals surface area (Å²) in [6.45, 7) is 0. The number of anilines is 1. The number of halogens is 1. The van der Waals surface area contributed by atoms with Crippen molar-refractivity contribution in [3.63, 3.8) is 0 Å². The largest absolute Gasteiger partial charge is 0.375 e. The fourth-order valence-electron chi connectivity index (χ4n) is 0.484. The molecule has 0 aromatic carbocycles. The van der Waals surface area contributed by atoms with Crippen molar-refractivity contribution in [3.8, 4) is 0 Å². The number of carbonyl (C=O) groups is 1. The van der Waals surface area contributed by atoms with Gasteiger partial charge in [-0.25, -0.2) is 4.98 Å². The number of ketones is 1. The van der Waals surface area contributed by atoms with Gasteiger partial charge >= 0.3 is 0 Å². The molecular formula is C5H5BrN2OS. The summed E-state index contributed by atoms with van der Waals surface area (Å²) in [5.74, 6) is -0.0343. The lowest BCUT2D eigenvalue weighted by Gasteiger charge is -1.85. The lowest BCUT2D eigenvalue weighted by molar-refractivity contribution is 0.102. The minimum atomic E-state index is -0.0343. The Morgan fingerprint density at radius 1 is 1.90 bits per heavy atom. The van der Waals surface area contributed by atoms with E-state index in [1.54, 1.807) is 5.38 Å². The maximum absolute atomic E-state index is 10.9. The molecule has 0 saturated carbocycles. The van der Waals surface area contributed by atoms with Gasteiger partial charge in [-0.2, -0.15) is 0 Å². The van der Waals surface area contributed by atoms with Crippen LogP contribution in [-0.4, -0.2) is 16.1 Å². The van der Waals surface area contributed by atoms with Crippen LogP contribution in [0.4, 0.5) is 5.13 Å². The van der Waals surface area contributed by atoms with Crippen molar-refractivity contribution in [2.24, 2.45) is 0 Å². The fraction of sp³-hybridized carbons (Fsp3) is 0.200. The molecule has 0 atom stereocenters. The summed E-state index contributed by atoms with van der Waals surface area (Å²) in [7, 11) is 0. The normalized spacial score (nSPS) is 9.70. The zero-order chi connectivity index (χ0) is 7.56. The number of aromatic nitrogens is 1. The monoisotopic (exact) mass is 220 g/mol. The van der Waals surface area contributed by atoms with Gasteiger partial charge in [0.2, 0.25) is 0 Å². The van der Waals surface area contributed by atoms with E-state index in [0.29, 0.717) is 16.2 Å². The number of alkyl halides is 1. The quantitative estimate of drug-likeness (QED) is 0.604. The molecule has 0 bridgehead atoms. The molecule has 2 N–H and O–H groups in total. The second kappa shape index (κ2) is 3.12. The second-order valence-corrected chi connectivity index (χ2v) is 3.08. The van der Waals surface area contributed by atoms with Crippen LogP contribution < -0.4 is 5.73 Å². The Morgan fingerprint density at radius 3 is 3.00 bits per heavy atom. The number of rotatable bonds is 2. The van der Waals surface area contributed by atoms with Gasteiger partial charge in [0.1, 0.15) is 5.69 Å². The number of carbonyl (C=O) groups excluding carboxylic acids is 1. The molecular weight excluding hydrogens is 216 g/mol. The molecule has 0 saturated heterocycles. The number of hydrogen-bond acceptors (Lipinski definition) is 4. The Kier molecular flexibility index (Phi) is 2.39. The van der Waals surface area contributed by atoms with E-state index in [1.165, 1.54) is 11.3 Å². The Labute approximate surface area is 70.4 Å². The van der Waals surface area contributed by atoms with Crippen LogP contribution in [-0.2, 0) is 0 Å². The van der Waals surface area contributed by atoms with Gasteiger partial charge in [-0.15, -0.1) is 11.3 Å². The van der Waals surface area contributed by atoms with Crippen molar-refractivity contribution in [3.05, 3.63) is 11.1 Å². The lowest BCUT2D eigenvalue weighted by atomic mass is 10.4. The van der Waals surface area contributed by atoms with E-state index in [9.17, 15) is 4.79 Å². The summed E-state index contributed by atoms with van der Waals surface area (Å²) in [5.41, 5.74) is 5.75. The maximum Gasteiger partial charge on any atom is 0.192 e. The Morgan fingerprint density at radius 2 is 2.60 bits per heavy atom. The standard InChI is InChI=1S/C5H5BrN2OS/c6-1-4(9)3-2-10-5(7)8-3/h2H,1H2,(H2,7,8). The van der Waals surface area contributed by atoms with Crippen molar-refractivity contribution in [1.29, 1.82) is 0 Å². The number of nitrogens with two attached hydrogens (primary N) is 1. The van der Waals surface area contributed by atoms with E-state index < -0.39 is 0 Å². The average Bonchev–Trinajstić information content (AvgIpc) is 2.34. The van der Waals surface area contributed by atoms with Crippen LogP contribution in [0.2, 0.25) is 0 Å². The Bertz CT molecular complexity index is 248. The lowest BCUT2D eigenvalue weighted by Crippen LogP contribution is -2.00. The molecule has 0 aliphatic carbocycles. The molecule has 1 rings (SSSR count). The van der Waals surface area contributed by atoms with Gasteiger partial charge in [0.25, 0.3) is 0 Å². The highest BCUT2D eigenvalue weighted by atomic mass is 79.9. The highest BCUT2D eigenvalue weighted by Gasteiger charge is 2.06. The van der Waals surface area contributed by atoms with Crippen LogP contribution >= 0.6 is 27.3 Å². The molecule has 0 radical (unpaired) electrons. The van der Waals surface area contributed by atoms with Crippen molar-refractivity contribution >= 4 is 38.2 Å². The van der Waals surface area contributed by atoms with Gasteiger partial charge in [-0.05, 0) is 0 Å². The molecule has 0 fully saturated rings. The molecule has 0 spiro atoms. The number of nitrogens with zero attached hydrogens (tertiary/aromatic N) is 1. The maximum atomic E-state index is 10.9. The molecule has 1 aromatic heterocycles. The van der Waals surface area contributed by atoms with Gasteiger partial charge < -0.3 is 5.73 Å². The third-order valence-electron chi connectivity index (χ3n) is 0.929. The first-order valence-corrected chi connectivity index (χ1v) is 4.54. The Hall–Kier alpha value is -0.420. The van der Waals surface area contributed by atoms with Gasteiger partial charge in [0, 0.05) is 5.38 Å². The van der Waals surface area contributed by atoms with Crippen LogP contribution in [0.3, 0.4) is 0 Å². The molecule has 54 valence electrons. The summed E-state index contributed by atoms with van der Waals surface area (Å²) in [4.78, 5) is 14.7. The highest BCUT2D eigenvalue weighted by Crippen LogP contribution is 2.11. The zero-order valence-corrected chi connectivity index (χ0v) is 7.41. The van der Waals surface area contributed by atoms with E-state index in [1.807, 2.05) is 0 Å². The summed E-state index contributed by atoms with van der Waals surface area (Å²) in [5, 5.41) is 2.39. The SMILES string of the molecule is Nc1nc(C(=O)CBr)cs1. The van der Waals surface area contributed by atoms with E-state index in [2.05, 4.69) is 20.9 Å². The van der Waals surface area contributed by atoms with Crippen LogP contribution in [0, 0.1) is 0 Å². The third kappa shape index (κ3) is 1.54. The molecule has 10 heavy (non-hydrogen) atoms. The number of hydrogen-bond donors (Lipinski definition) is 1. The average molecular weight is 221 g/mol. The fourth-order valence-corrected chi connectivity index (χ4v) is 1.34. The molecule has 0 aliphatic heterocycles. The van der Waals surface area contributed by atoms with E-state index in [-0.39, 0.29) is 5.78 Å². The summed E-state index contributed by atoms with van der Waals surface area (Å²) in [6, 6.07) is 0. The van der Waals surface area contributed by atoms with Crippen molar-refractivity contribution in [2.45, 2.75) is 0 Å². The molecule has 0 amide bonds. The number of nitrogen functional groups attached to an aromatic ring is 1. The van der Waals surface area contributed by atoms with Crippen LogP contribution in [0.15, 0.2) is 5.38 Å². The van der Waals surface area contributed by atoms with Crippen LogP contribution in [0.25, 0.3) is 0 Å². The number of Topliss-reactive ketones (excluding diaryl/α,β-unsaturated/α-hetero) is 1. The highest BCUT2D eigenvalue weighted by molar-refractivity contribution is 9.09. The molecule has 5 heteroatoms. The summed E-state index contributed by atoms with van der Waals surface area (Å²) >= 11 is 4.31. The molecule has 0 unspecified atom stereocenters. The molecule has 0 aliphatic rings. The van der Waals surface area contributed by atoms with Crippen LogP contribution in [0.5, 0.6) is 0 Å². The first-order valence-electron chi connectivity index (χ1n) is 2.54. The van der Waals surface area contributed by atoms with E-state index in [4.69, 9.17) is 5.73 Å². The van der Waals surface area contributed by atoms with E-state index >= 15 is 0 Å². The van der Waals surface area contributed by atoms with Crippen molar-refractivity contribution < 1.29 is 4.79 Å². The smallest absolute Gasteiger partial charge is 0.192 e. The zero-order valence-electron chi connectivity index (χ0n) is 5.00. The first-order chi connectivity index (χ1) is 4.74. The topological polar surface area (TPSA) is 56.0 Å². The summed E-state index contributed by atoms with van der Waals surface area (Å²) < 4.78 is 0. The van der Waals surface area contributed by atoms with E-state index in [0.717, 1.165) is 0 Å². The minimum Gasteiger partial charge on any atom is -0.375 e. The van der Waals surface area contributed by atoms with Crippen molar-refractivity contribution in [2.75, 3.05) is 11.1 Å².